The van der Waals surface area contributed by atoms with Crippen molar-refractivity contribution >= 4 is 0 Å². The first-order valence-corrected chi connectivity index (χ1v) is 23.7. The van der Waals surface area contributed by atoms with E-state index < -0.39 is 0 Å². The van der Waals surface area contributed by atoms with Crippen LogP contribution in [0.2, 0.25) is 0 Å². The molecule has 5 fully saturated rings. The lowest BCUT2D eigenvalue weighted by Crippen LogP contribution is -2.56. The zero-order chi connectivity index (χ0) is 43.7. The third-order valence-electron chi connectivity index (χ3n) is 14.2. The van der Waals surface area contributed by atoms with Crippen LogP contribution in [0.25, 0.3) is 0 Å². The normalized spacial score (nSPS) is 30.4. The molecule has 5 aliphatic heterocycles. The molecule has 10 nitrogen and oxygen atoms in total. The standard InChI is InChI=1S/3C10H22N2.C9H20N2.C8H18N2/c2*1-8(2)12-6-9(3)11(5)10(4)7-12;1-5-10-8-12(9(2)3)7-6-11(10)4;1-8(2)11-6-5-10(4)9(3)7-11;1-8(2)10-6-4-9(3)5-7-10/h2*8-10H,6-7H2,1-5H3;9-10H,5-8H2,1-4H3;8-9H,5-7H2,1-4H3;8H,4-7H2,1-3H3/t9-,10+;9-,10-;;;/m.1.../s1. The average molecular weight is 809 g/mol. The van der Waals surface area contributed by atoms with Crippen LogP contribution in [0, 0.1) is 0 Å². The third kappa shape index (κ3) is 19.9. The van der Waals surface area contributed by atoms with E-state index in [1.54, 1.807) is 0 Å². The van der Waals surface area contributed by atoms with E-state index in [0.717, 1.165) is 18.1 Å². The van der Waals surface area contributed by atoms with Crippen molar-refractivity contribution in [2.24, 2.45) is 0 Å². The predicted molar refractivity (Wildman–Crippen MR) is 253 cm³/mol. The smallest absolute Gasteiger partial charge is 0.0218 e. The van der Waals surface area contributed by atoms with Crippen LogP contribution in [-0.4, -0.2) is 242 Å². The minimum absolute atomic E-state index is 0.698. The molecule has 10 heteroatoms. The molecule has 0 amide bonds. The number of rotatable bonds is 6. The first-order chi connectivity index (χ1) is 26.5. The van der Waals surface area contributed by atoms with Gasteiger partial charge in [-0.25, -0.2) is 0 Å². The number of hydrogen-bond acceptors (Lipinski definition) is 10. The molecule has 0 aliphatic carbocycles. The van der Waals surface area contributed by atoms with E-state index >= 15 is 0 Å². The Hall–Kier alpha value is -0.400. The van der Waals surface area contributed by atoms with Gasteiger partial charge in [-0.3, -0.25) is 34.3 Å². The SMILES string of the molecule is CC(C)N1CCN(C)CC1.CC(C)N1C[C@@H](C)N(C)[C@@H](C)C1.CC(C)N1C[C@@H](C)N(C)[C@H](C)C1.CC1CN(C(C)C)CCN1C.CCC1CN(C(C)C)CCN1C. The summed E-state index contributed by atoms with van der Waals surface area (Å²) in [5.74, 6) is 0. The van der Waals surface area contributed by atoms with Gasteiger partial charge in [0.2, 0.25) is 0 Å². The van der Waals surface area contributed by atoms with Crippen LogP contribution in [0.1, 0.15) is 117 Å². The number of nitrogens with zero attached hydrogens (tertiary/aromatic N) is 10. The van der Waals surface area contributed by atoms with Crippen LogP contribution in [0.3, 0.4) is 0 Å². The topological polar surface area (TPSA) is 32.4 Å². The Bertz CT molecular complexity index is 943. The summed E-state index contributed by atoms with van der Waals surface area (Å²) in [5, 5.41) is 0. The fraction of sp³-hybridized carbons (Fsp3) is 1.00. The summed E-state index contributed by atoms with van der Waals surface area (Å²) in [6.07, 6.45) is 1.28. The van der Waals surface area contributed by atoms with E-state index in [2.05, 4.69) is 195 Å². The van der Waals surface area contributed by atoms with Gasteiger partial charge in [0, 0.05) is 158 Å². The Labute approximate surface area is 358 Å². The van der Waals surface area contributed by atoms with Crippen molar-refractivity contribution in [3.8, 4) is 0 Å². The second-order valence-corrected chi connectivity index (χ2v) is 20.3. The van der Waals surface area contributed by atoms with Gasteiger partial charge in [0.25, 0.3) is 0 Å². The number of piperazine rings is 5. The fourth-order valence-corrected chi connectivity index (χ4v) is 8.50. The highest BCUT2D eigenvalue weighted by Gasteiger charge is 2.29. The Morgan fingerprint density at radius 2 is 0.649 bits per heavy atom. The highest BCUT2D eigenvalue weighted by Crippen LogP contribution is 2.17. The summed E-state index contributed by atoms with van der Waals surface area (Å²) in [4.78, 5) is 25.0. The van der Waals surface area contributed by atoms with Crippen molar-refractivity contribution < 1.29 is 0 Å². The molecule has 0 saturated carbocycles. The molecule has 0 spiro atoms. The van der Waals surface area contributed by atoms with Crippen LogP contribution >= 0.6 is 0 Å². The molecule has 2 unspecified atom stereocenters. The zero-order valence-electron chi connectivity index (χ0n) is 42.4. The van der Waals surface area contributed by atoms with Gasteiger partial charge >= 0.3 is 0 Å². The van der Waals surface area contributed by atoms with Crippen LogP contribution in [0.4, 0.5) is 0 Å². The molecule has 0 radical (unpaired) electrons. The second-order valence-electron chi connectivity index (χ2n) is 20.3. The molecule has 5 heterocycles. The molecule has 5 saturated heterocycles. The first-order valence-electron chi connectivity index (χ1n) is 23.7. The van der Waals surface area contributed by atoms with E-state index in [1.165, 1.54) is 98.0 Å². The average Bonchev–Trinajstić information content (AvgIpc) is 3.14. The van der Waals surface area contributed by atoms with Gasteiger partial charge in [0.15, 0.2) is 0 Å². The summed E-state index contributed by atoms with van der Waals surface area (Å²) < 4.78 is 0. The minimum Gasteiger partial charge on any atom is -0.304 e. The molecule has 0 N–H and O–H groups in total. The van der Waals surface area contributed by atoms with E-state index in [1.807, 2.05) is 0 Å². The van der Waals surface area contributed by atoms with E-state index in [-0.39, 0.29) is 0 Å². The summed E-state index contributed by atoms with van der Waals surface area (Å²) in [6, 6.07) is 7.88. The lowest BCUT2D eigenvalue weighted by molar-refractivity contribution is 0.0424. The maximum Gasteiger partial charge on any atom is 0.0218 e. The largest absolute Gasteiger partial charge is 0.304 e. The molecule has 0 bridgehead atoms. The number of likely N-dealkylation sites (N-methyl/N-ethyl adjacent to an activating group) is 5. The van der Waals surface area contributed by atoms with Crippen molar-refractivity contribution in [3.63, 3.8) is 0 Å². The fourth-order valence-electron chi connectivity index (χ4n) is 8.50. The van der Waals surface area contributed by atoms with Crippen LogP contribution in [0.5, 0.6) is 0 Å². The van der Waals surface area contributed by atoms with Crippen molar-refractivity contribution in [2.45, 2.75) is 184 Å². The van der Waals surface area contributed by atoms with Gasteiger partial charge in [0.1, 0.15) is 0 Å². The van der Waals surface area contributed by atoms with E-state index in [9.17, 15) is 0 Å². The van der Waals surface area contributed by atoms with E-state index in [0.29, 0.717) is 48.3 Å². The summed E-state index contributed by atoms with van der Waals surface area (Å²) in [7, 11) is 11.1. The van der Waals surface area contributed by atoms with E-state index in [4.69, 9.17) is 0 Å². The van der Waals surface area contributed by atoms with Crippen LogP contribution in [0.15, 0.2) is 0 Å². The molecule has 342 valence electrons. The quantitative estimate of drug-likeness (QED) is 0.322. The number of hydrogen-bond donors (Lipinski definition) is 0. The van der Waals surface area contributed by atoms with Crippen molar-refractivity contribution in [1.29, 1.82) is 0 Å². The Morgan fingerprint density at radius 1 is 0.351 bits per heavy atom. The van der Waals surface area contributed by atoms with Gasteiger partial charge in [0.05, 0.1) is 0 Å². The maximum atomic E-state index is 2.58. The molecule has 6 atom stereocenters. The molecule has 5 aliphatic rings. The van der Waals surface area contributed by atoms with Crippen molar-refractivity contribution in [3.05, 3.63) is 0 Å². The van der Waals surface area contributed by atoms with Gasteiger partial charge < -0.3 is 14.7 Å². The second kappa shape index (κ2) is 27.5. The van der Waals surface area contributed by atoms with Crippen molar-refractivity contribution in [1.82, 2.24) is 49.0 Å². The lowest BCUT2D eigenvalue weighted by Gasteiger charge is -2.44. The maximum absolute atomic E-state index is 2.58. The molecule has 57 heavy (non-hydrogen) atoms. The highest BCUT2D eigenvalue weighted by molar-refractivity contribution is 4.85. The van der Waals surface area contributed by atoms with Crippen LogP contribution in [-0.2, 0) is 0 Å². The third-order valence-corrected chi connectivity index (χ3v) is 14.2. The van der Waals surface area contributed by atoms with Gasteiger partial charge in [-0.1, -0.05) is 6.92 Å². The minimum atomic E-state index is 0.698. The monoisotopic (exact) mass is 809 g/mol. The lowest BCUT2D eigenvalue weighted by atomic mass is 10.1. The summed E-state index contributed by atoms with van der Waals surface area (Å²) in [5.41, 5.74) is 0. The molecule has 5 rings (SSSR count). The van der Waals surface area contributed by atoms with Gasteiger partial charge in [-0.15, -0.1) is 0 Å². The molecule has 0 aromatic carbocycles. The summed E-state index contributed by atoms with van der Waals surface area (Å²) in [6.45, 7) is 53.9. The molecule has 0 aromatic rings. The summed E-state index contributed by atoms with van der Waals surface area (Å²) >= 11 is 0. The Balaban J connectivity index is 0.000000357. The molecular weight excluding hydrogens is 705 g/mol. The van der Waals surface area contributed by atoms with Gasteiger partial charge in [-0.05, 0) is 146 Å². The Morgan fingerprint density at radius 3 is 0.965 bits per heavy atom. The first kappa shape index (κ1) is 54.6. The molecule has 0 aromatic heterocycles. The highest BCUT2D eigenvalue weighted by atomic mass is 15.3. The van der Waals surface area contributed by atoms with Crippen LogP contribution < -0.4 is 0 Å². The zero-order valence-corrected chi connectivity index (χ0v) is 42.4. The predicted octanol–water partition coefficient (Wildman–Crippen LogP) is 5.93. The van der Waals surface area contributed by atoms with Gasteiger partial charge in [-0.2, -0.15) is 0 Å². The molecular formula is C47H104N10. The Kier molecular flexibility index (Phi) is 26.4. The van der Waals surface area contributed by atoms with Crippen molar-refractivity contribution in [2.75, 3.05) is 127 Å².